The van der Waals surface area contributed by atoms with Gasteiger partial charge in [-0.1, -0.05) is 24.6 Å². The summed E-state index contributed by atoms with van der Waals surface area (Å²) < 4.78 is 25.3. The van der Waals surface area contributed by atoms with Gasteiger partial charge in [0, 0.05) is 6.42 Å². The molecule has 0 saturated carbocycles. The van der Waals surface area contributed by atoms with Crippen molar-refractivity contribution in [3.05, 3.63) is 29.8 Å². The first kappa shape index (κ1) is 16.1. The molecule has 108 valence electrons. The Kier molecular flexibility index (Phi) is 5.05. The third-order valence-electron chi connectivity index (χ3n) is 2.87. The first-order chi connectivity index (χ1) is 8.79. The molecule has 0 aliphatic carbocycles. The first-order valence-corrected chi connectivity index (χ1v) is 7.50. The fraction of sp³-hybridized carbons (Fsp3) is 0.500. The molecule has 0 aliphatic rings. The first-order valence-electron chi connectivity index (χ1n) is 6.01. The maximum atomic E-state index is 12.6. The van der Waals surface area contributed by atoms with E-state index in [0.717, 1.165) is 5.56 Å². The number of hydrogen-bond acceptors (Lipinski definition) is 6. The lowest BCUT2D eigenvalue weighted by atomic mass is 10.2. The number of benzene rings is 1. The van der Waals surface area contributed by atoms with Gasteiger partial charge in [-0.2, -0.15) is 0 Å². The molecule has 1 aromatic rings. The standard InChI is InChI=1S/C12H21N3O3S/c1-4-12(18-14,15-10(3)13)19(16,17)11-7-5-9(2)6-8-11/h5-8,10,15H,4,13-14H2,1-3H3. The van der Waals surface area contributed by atoms with Gasteiger partial charge in [0.15, 0.2) is 0 Å². The summed E-state index contributed by atoms with van der Waals surface area (Å²) in [5.41, 5.74) is 6.58. The van der Waals surface area contributed by atoms with Gasteiger partial charge in [0.2, 0.25) is 14.9 Å². The second-order valence-electron chi connectivity index (χ2n) is 4.47. The molecule has 1 rings (SSSR count). The van der Waals surface area contributed by atoms with Crippen LogP contribution in [-0.4, -0.2) is 19.6 Å². The van der Waals surface area contributed by atoms with Crippen molar-refractivity contribution in [1.29, 1.82) is 0 Å². The van der Waals surface area contributed by atoms with Gasteiger partial charge in [-0.3, -0.25) is 10.2 Å². The molecule has 0 fully saturated rings. The fourth-order valence-electron chi connectivity index (χ4n) is 1.81. The van der Waals surface area contributed by atoms with Crippen LogP contribution >= 0.6 is 0 Å². The summed E-state index contributed by atoms with van der Waals surface area (Å²) in [6.07, 6.45) is -0.454. The summed E-state index contributed by atoms with van der Waals surface area (Å²) in [6.45, 7) is 5.16. The molecule has 0 bridgehead atoms. The second kappa shape index (κ2) is 5.98. The van der Waals surface area contributed by atoms with Gasteiger partial charge in [0.1, 0.15) is 0 Å². The van der Waals surface area contributed by atoms with E-state index in [0.29, 0.717) is 0 Å². The molecule has 0 heterocycles. The van der Waals surface area contributed by atoms with Crippen LogP contribution < -0.4 is 16.9 Å². The van der Waals surface area contributed by atoms with Crippen molar-refractivity contribution in [2.24, 2.45) is 11.6 Å². The van der Waals surface area contributed by atoms with Crippen molar-refractivity contribution < 1.29 is 13.3 Å². The van der Waals surface area contributed by atoms with E-state index >= 15 is 0 Å². The highest BCUT2D eigenvalue weighted by atomic mass is 32.2. The Hall–Kier alpha value is -0.990. The second-order valence-corrected chi connectivity index (χ2v) is 6.61. The van der Waals surface area contributed by atoms with Gasteiger partial charge in [-0.25, -0.2) is 14.3 Å². The zero-order chi connectivity index (χ0) is 14.7. The number of hydrogen-bond donors (Lipinski definition) is 3. The van der Waals surface area contributed by atoms with E-state index in [4.69, 9.17) is 16.5 Å². The molecule has 0 saturated heterocycles. The Bertz CT molecular complexity index is 508. The van der Waals surface area contributed by atoms with E-state index < -0.39 is 21.1 Å². The number of nitrogens with one attached hydrogen (secondary N) is 1. The predicted octanol–water partition coefficient (Wildman–Crippen LogP) is 0.617. The van der Waals surface area contributed by atoms with Gasteiger partial charge >= 0.3 is 0 Å². The van der Waals surface area contributed by atoms with Crippen molar-refractivity contribution in [1.82, 2.24) is 5.32 Å². The average Bonchev–Trinajstić information content (AvgIpc) is 2.36. The minimum absolute atomic E-state index is 0.126. The van der Waals surface area contributed by atoms with Gasteiger partial charge in [-0.05, 0) is 26.0 Å². The summed E-state index contributed by atoms with van der Waals surface area (Å²) >= 11 is 0. The molecule has 5 N–H and O–H groups in total. The van der Waals surface area contributed by atoms with Crippen LogP contribution in [0.15, 0.2) is 29.2 Å². The van der Waals surface area contributed by atoms with Crippen molar-refractivity contribution >= 4 is 9.84 Å². The van der Waals surface area contributed by atoms with Gasteiger partial charge < -0.3 is 5.73 Å². The van der Waals surface area contributed by atoms with Crippen molar-refractivity contribution in [3.8, 4) is 0 Å². The summed E-state index contributed by atoms with van der Waals surface area (Å²) in [5.74, 6) is 5.22. The zero-order valence-electron chi connectivity index (χ0n) is 11.4. The molecule has 6 nitrogen and oxygen atoms in total. The van der Waals surface area contributed by atoms with Crippen LogP contribution in [0.1, 0.15) is 25.8 Å². The largest absolute Gasteiger partial charge is 0.316 e. The zero-order valence-corrected chi connectivity index (χ0v) is 12.2. The molecule has 0 amide bonds. The van der Waals surface area contributed by atoms with Crippen LogP contribution in [0.3, 0.4) is 0 Å². The molecule has 1 aromatic carbocycles. The Balaban J connectivity index is 3.31. The summed E-state index contributed by atoms with van der Waals surface area (Å²) in [5, 5.41) is 0.963. The number of rotatable bonds is 6. The molecule has 0 aromatic heterocycles. The van der Waals surface area contributed by atoms with Crippen LogP contribution in [0.2, 0.25) is 0 Å². The van der Waals surface area contributed by atoms with E-state index in [2.05, 4.69) is 5.32 Å². The lowest BCUT2D eigenvalue weighted by Crippen LogP contribution is -2.59. The quantitative estimate of drug-likeness (QED) is 0.523. The molecular weight excluding hydrogens is 266 g/mol. The maximum absolute atomic E-state index is 12.6. The summed E-state index contributed by atoms with van der Waals surface area (Å²) in [7, 11) is -3.81. The van der Waals surface area contributed by atoms with Crippen LogP contribution in [0, 0.1) is 6.92 Å². The minimum atomic E-state index is -3.81. The number of nitrogens with two attached hydrogens (primary N) is 2. The highest BCUT2D eigenvalue weighted by molar-refractivity contribution is 7.92. The summed E-state index contributed by atoms with van der Waals surface area (Å²) in [6, 6.07) is 6.49. The van der Waals surface area contributed by atoms with E-state index in [9.17, 15) is 8.42 Å². The topological polar surface area (TPSA) is 107 Å². The van der Waals surface area contributed by atoms with E-state index in [-0.39, 0.29) is 11.3 Å². The third kappa shape index (κ3) is 3.13. The Morgan fingerprint density at radius 2 is 1.89 bits per heavy atom. The molecule has 19 heavy (non-hydrogen) atoms. The smallest absolute Gasteiger partial charge is 0.246 e. The van der Waals surface area contributed by atoms with Crippen LogP contribution in [0.5, 0.6) is 0 Å². The Morgan fingerprint density at radius 3 is 2.26 bits per heavy atom. The molecule has 0 aliphatic heterocycles. The fourth-order valence-corrected chi connectivity index (χ4v) is 3.53. The molecule has 0 radical (unpaired) electrons. The molecule has 7 heteroatoms. The molecule has 2 unspecified atom stereocenters. The minimum Gasteiger partial charge on any atom is -0.316 e. The molecule has 2 atom stereocenters. The molecule has 0 spiro atoms. The van der Waals surface area contributed by atoms with E-state index in [1.54, 1.807) is 26.0 Å². The van der Waals surface area contributed by atoms with Crippen LogP contribution in [-0.2, 0) is 14.7 Å². The molecular formula is C12H21N3O3S. The maximum Gasteiger partial charge on any atom is 0.246 e. The van der Waals surface area contributed by atoms with Gasteiger partial charge in [-0.15, -0.1) is 0 Å². The van der Waals surface area contributed by atoms with Crippen LogP contribution in [0.4, 0.5) is 0 Å². The van der Waals surface area contributed by atoms with Crippen LogP contribution in [0.25, 0.3) is 0 Å². The van der Waals surface area contributed by atoms with Crippen molar-refractivity contribution in [2.75, 3.05) is 0 Å². The SMILES string of the molecule is CCC(NC(C)N)(ON)S(=O)(=O)c1ccc(C)cc1. The lowest BCUT2D eigenvalue weighted by molar-refractivity contribution is -0.0176. The lowest BCUT2D eigenvalue weighted by Gasteiger charge is -2.32. The van der Waals surface area contributed by atoms with Crippen molar-refractivity contribution in [2.45, 2.75) is 43.3 Å². The predicted molar refractivity (Wildman–Crippen MR) is 73.4 cm³/mol. The summed E-state index contributed by atoms with van der Waals surface area (Å²) in [4.78, 5) is 4.91. The monoisotopic (exact) mass is 287 g/mol. The van der Waals surface area contributed by atoms with Crippen molar-refractivity contribution in [3.63, 3.8) is 0 Å². The third-order valence-corrected chi connectivity index (χ3v) is 5.13. The number of sulfone groups is 1. The normalized spacial score (nSPS) is 16.9. The Labute approximate surface area is 114 Å². The number of aryl methyl sites for hydroxylation is 1. The van der Waals surface area contributed by atoms with E-state index in [1.165, 1.54) is 12.1 Å². The Morgan fingerprint density at radius 1 is 1.37 bits per heavy atom. The van der Waals surface area contributed by atoms with Gasteiger partial charge in [0.05, 0.1) is 11.1 Å². The highest BCUT2D eigenvalue weighted by Gasteiger charge is 2.45. The average molecular weight is 287 g/mol. The highest BCUT2D eigenvalue weighted by Crippen LogP contribution is 2.27. The van der Waals surface area contributed by atoms with E-state index in [1.807, 2.05) is 6.92 Å². The van der Waals surface area contributed by atoms with Gasteiger partial charge in [0.25, 0.3) is 0 Å².